The van der Waals surface area contributed by atoms with Crippen molar-refractivity contribution in [2.24, 2.45) is 0 Å². The quantitative estimate of drug-likeness (QED) is 0.307. The van der Waals surface area contributed by atoms with Crippen molar-refractivity contribution in [1.29, 1.82) is 0 Å². The van der Waals surface area contributed by atoms with Crippen LogP contribution >= 0.6 is 0 Å². The van der Waals surface area contributed by atoms with E-state index < -0.39 is 0 Å². The fourth-order valence-electron chi connectivity index (χ4n) is 5.98. The molecule has 2 aliphatic rings. The molecule has 0 bridgehead atoms. The highest BCUT2D eigenvalue weighted by molar-refractivity contribution is 5.83. The Morgan fingerprint density at radius 2 is 1.09 bits per heavy atom. The summed E-state index contributed by atoms with van der Waals surface area (Å²) >= 11 is 0. The predicted octanol–water partition coefficient (Wildman–Crippen LogP) is 7.90. The van der Waals surface area contributed by atoms with Crippen LogP contribution in [0.1, 0.15) is 69.6 Å². The van der Waals surface area contributed by atoms with Gasteiger partial charge in [0, 0.05) is 22.0 Å². The van der Waals surface area contributed by atoms with E-state index in [9.17, 15) is 0 Å². The third-order valence-corrected chi connectivity index (χ3v) is 8.44. The molecule has 0 saturated heterocycles. The molecule has 4 aromatic rings. The van der Waals surface area contributed by atoms with Gasteiger partial charge in [0.25, 0.3) is 0 Å². The van der Waals surface area contributed by atoms with Crippen LogP contribution in [0.5, 0.6) is 0 Å². The second-order valence-corrected chi connectivity index (χ2v) is 11.1. The standard InChI is InChI=1S/C32H31N3/c1-18-19(2)31(4,5)27-16-21(12-14-23(18)27)29-33-20(3)34-30(35-29)22-13-15-25-24-10-8-9-11-26(24)32(6,7)28(25)17-22/h8-17H,1-7H3. The van der Waals surface area contributed by atoms with Crippen molar-refractivity contribution in [2.75, 3.05) is 0 Å². The zero-order valence-electron chi connectivity index (χ0n) is 21.6. The van der Waals surface area contributed by atoms with E-state index in [2.05, 4.69) is 102 Å². The summed E-state index contributed by atoms with van der Waals surface area (Å²) in [6.07, 6.45) is 0. The van der Waals surface area contributed by atoms with Crippen molar-refractivity contribution in [3.05, 3.63) is 94.3 Å². The SMILES string of the molecule is CC1=C(C)C(C)(C)c2cc(-c3nc(C)nc(-c4ccc5c(c4)C(C)(C)c4ccccc4-5)n3)ccc21. The highest BCUT2D eigenvalue weighted by Gasteiger charge is 2.36. The summed E-state index contributed by atoms with van der Waals surface area (Å²) in [4.78, 5) is 14.5. The highest BCUT2D eigenvalue weighted by Crippen LogP contribution is 2.49. The van der Waals surface area contributed by atoms with Crippen LogP contribution in [0, 0.1) is 6.92 Å². The normalized spacial score (nSPS) is 16.8. The van der Waals surface area contributed by atoms with E-state index in [1.807, 2.05) is 6.92 Å². The Morgan fingerprint density at radius 3 is 1.74 bits per heavy atom. The van der Waals surface area contributed by atoms with E-state index in [-0.39, 0.29) is 10.8 Å². The Balaban J connectivity index is 1.45. The van der Waals surface area contributed by atoms with Crippen LogP contribution in [0.4, 0.5) is 0 Å². The Kier molecular flexibility index (Phi) is 4.51. The summed E-state index contributed by atoms with van der Waals surface area (Å²) in [5, 5.41) is 0. The van der Waals surface area contributed by atoms with Gasteiger partial charge in [-0.25, -0.2) is 15.0 Å². The molecule has 1 aromatic heterocycles. The van der Waals surface area contributed by atoms with Crippen molar-refractivity contribution < 1.29 is 0 Å². The molecule has 35 heavy (non-hydrogen) atoms. The average Bonchev–Trinajstić information content (AvgIpc) is 3.18. The van der Waals surface area contributed by atoms with Crippen molar-refractivity contribution in [3.63, 3.8) is 0 Å². The summed E-state index contributed by atoms with van der Waals surface area (Å²) < 4.78 is 0. The molecule has 2 aliphatic carbocycles. The van der Waals surface area contributed by atoms with E-state index >= 15 is 0 Å². The van der Waals surface area contributed by atoms with Gasteiger partial charge in [-0.3, -0.25) is 0 Å². The number of aryl methyl sites for hydroxylation is 1. The van der Waals surface area contributed by atoms with Gasteiger partial charge < -0.3 is 0 Å². The molecule has 0 spiro atoms. The molecule has 3 nitrogen and oxygen atoms in total. The molecule has 0 radical (unpaired) electrons. The van der Waals surface area contributed by atoms with Gasteiger partial charge in [0.05, 0.1) is 0 Å². The minimum Gasteiger partial charge on any atom is -0.213 e. The van der Waals surface area contributed by atoms with E-state index in [0.29, 0.717) is 0 Å². The lowest BCUT2D eigenvalue weighted by atomic mass is 9.81. The van der Waals surface area contributed by atoms with E-state index in [1.54, 1.807) is 0 Å². The van der Waals surface area contributed by atoms with E-state index in [1.165, 1.54) is 44.5 Å². The van der Waals surface area contributed by atoms with Crippen molar-refractivity contribution >= 4 is 5.57 Å². The molecule has 0 saturated carbocycles. The largest absolute Gasteiger partial charge is 0.213 e. The molecule has 0 aliphatic heterocycles. The van der Waals surface area contributed by atoms with Crippen molar-refractivity contribution in [2.45, 2.75) is 59.3 Å². The second kappa shape index (κ2) is 7.21. The van der Waals surface area contributed by atoms with E-state index in [0.717, 1.165) is 28.6 Å². The van der Waals surface area contributed by atoms with Crippen molar-refractivity contribution in [3.8, 4) is 33.9 Å². The third kappa shape index (κ3) is 3.07. The summed E-state index contributed by atoms with van der Waals surface area (Å²) in [7, 11) is 0. The fraction of sp³-hybridized carbons (Fsp3) is 0.281. The first kappa shape index (κ1) is 21.9. The maximum atomic E-state index is 4.97. The van der Waals surface area contributed by atoms with Crippen LogP contribution in [0.2, 0.25) is 0 Å². The maximum absolute atomic E-state index is 4.97. The van der Waals surface area contributed by atoms with Crippen LogP contribution in [0.3, 0.4) is 0 Å². The molecule has 0 unspecified atom stereocenters. The van der Waals surface area contributed by atoms with E-state index in [4.69, 9.17) is 15.0 Å². The number of rotatable bonds is 2. The average molecular weight is 458 g/mol. The molecule has 3 aromatic carbocycles. The minimum atomic E-state index is -0.0544. The Bertz CT molecular complexity index is 1570. The fourth-order valence-corrected chi connectivity index (χ4v) is 5.98. The van der Waals surface area contributed by atoms with Crippen LogP contribution in [-0.2, 0) is 10.8 Å². The zero-order valence-corrected chi connectivity index (χ0v) is 21.6. The minimum absolute atomic E-state index is 0.0148. The molecule has 0 amide bonds. The summed E-state index contributed by atoms with van der Waals surface area (Å²) in [6.45, 7) is 15.6. The lowest BCUT2D eigenvalue weighted by Gasteiger charge is -2.23. The Hall–Kier alpha value is -3.59. The van der Waals surface area contributed by atoms with Crippen molar-refractivity contribution in [1.82, 2.24) is 15.0 Å². The Labute approximate surface area is 208 Å². The van der Waals surface area contributed by atoms with Gasteiger partial charge in [0.15, 0.2) is 11.6 Å². The van der Waals surface area contributed by atoms with Gasteiger partial charge in [-0.1, -0.05) is 81.8 Å². The van der Waals surface area contributed by atoms with Gasteiger partial charge in [0.1, 0.15) is 5.82 Å². The first-order valence-corrected chi connectivity index (χ1v) is 12.4. The summed E-state index contributed by atoms with van der Waals surface area (Å²) in [5.74, 6) is 2.20. The molecule has 1 heterocycles. The molecule has 0 atom stereocenters. The predicted molar refractivity (Wildman–Crippen MR) is 144 cm³/mol. The second-order valence-electron chi connectivity index (χ2n) is 11.1. The Morgan fingerprint density at radius 1 is 0.543 bits per heavy atom. The van der Waals surface area contributed by atoms with Crippen LogP contribution < -0.4 is 0 Å². The van der Waals surface area contributed by atoms with Crippen LogP contribution in [-0.4, -0.2) is 15.0 Å². The molecule has 3 heteroatoms. The first-order chi connectivity index (χ1) is 16.6. The summed E-state index contributed by atoms with van der Waals surface area (Å²) in [6, 6.07) is 22.0. The number of benzene rings is 3. The highest BCUT2D eigenvalue weighted by atomic mass is 15.0. The number of allylic oxidation sites excluding steroid dienone is 2. The molecule has 0 fully saturated rings. The lowest BCUT2D eigenvalue weighted by Crippen LogP contribution is -2.15. The number of fused-ring (bicyclic) bond motifs is 4. The molecule has 6 rings (SSSR count). The van der Waals surface area contributed by atoms with Gasteiger partial charge in [-0.05, 0) is 71.9 Å². The topological polar surface area (TPSA) is 38.7 Å². The van der Waals surface area contributed by atoms with Gasteiger partial charge in [-0.15, -0.1) is 0 Å². The molecular weight excluding hydrogens is 426 g/mol. The third-order valence-electron chi connectivity index (χ3n) is 8.44. The number of aromatic nitrogens is 3. The van der Waals surface area contributed by atoms with Crippen LogP contribution in [0.25, 0.3) is 39.5 Å². The monoisotopic (exact) mass is 457 g/mol. The number of nitrogens with zero attached hydrogens (tertiary/aromatic N) is 3. The summed E-state index contributed by atoms with van der Waals surface area (Å²) in [5.41, 5.74) is 12.9. The smallest absolute Gasteiger partial charge is 0.163 e. The maximum Gasteiger partial charge on any atom is 0.163 e. The zero-order chi connectivity index (χ0) is 24.7. The molecule has 0 N–H and O–H groups in total. The van der Waals surface area contributed by atoms with Gasteiger partial charge in [-0.2, -0.15) is 0 Å². The number of hydrogen-bond acceptors (Lipinski definition) is 3. The molecule has 174 valence electrons. The number of hydrogen-bond donors (Lipinski definition) is 0. The first-order valence-electron chi connectivity index (χ1n) is 12.4. The van der Waals surface area contributed by atoms with Gasteiger partial charge >= 0.3 is 0 Å². The van der Waals surface area contributed by atoms with Crippen LogP contribution in [0.15, 0.2) is 66.2 Å². The molecular formula is C32H31N3. The van der Waals surface area contributed by atoms with Gasteiger partial charge in [0.2, 0.25) is 0 Å². The lowest BCUT2D eigenvalue weighted by molar-refractivity contribution is 0.639.